The molecule has 23 heavy (non-hydrogen) atoms. The molecule has 0 fully saturated rings. The molecule has 0 bridgehead atoms. The molecule has 0 aliphatic rings. The maximum atomic E-state index is 11.9. The molecular formula is C16H22N4O2S. The lowest BCUT2D eigenvalue weighted by molar-refractivity contribution is -0.119. The van der Waals surface area contributed by atoms with E-state index in [0.29, 0.717) is 11.8 Å². The van der Waals surface area contributed by atoms with Crippen LogP contribution in [0.1, 0.15) is 23.9 Å². The minimum absolute atomic E-state index is 0.0601. The zero-order chi connectivity index (χ0) is 16.8. The Bertz CT molecular complexity index is 652. The van der Waals surface area contributed by atoms with Gasteiger partial charge in [-0.05, 0) is 38.8 Å². The van der Waals surface area contributed by atoms with E-state index in [1.165, 1.54) is 11.8 Å². The molecule has 0 saturated carbocycles. The maximum absolute atomic E-state index is 11.9. The highest BCUT2D eigenvalue weighted by Crippen LogP contribution is 2.22. The molecule has 124 valence electrons. The Morgan fingerprint density at radius 2 is 2.04 bits per heavy atom. The predicted octanol–water partition coefficient (Wildman–Crippen LogP) is 2.41. The summed E-state index contributed by atoms with van der Waals surface area (Å²) in [6, 6.07) is 5.96. The van der Waals surface area contributed by atoms with Crippen LogP contribution in [0, 0.1) is 20.8 Å². The lowest BCUT2D eigenvalue weighted by Crippen LogP contribution is -2.37. The number of aromatic amines is 1. The fourth-order valence-electron chi connectivity index (χ4n) is 2.11. The third kappa shape index (κ3) is 5.28. The van der Waals surface area contributed by atoms with Gasteiger partial charge in [0.2, 0.25) is 11.1 Å². The molecule has 1 atom stereocenters. The smallest absolute Gasteiger partial charge is 0.230 e. The Morgan fingerprint density at radius 1 is 1.35 bits per heavy atom. The molecule has 1 aromatic heterocycles. The summed E-state index contributed by atoms with van der Waals surface area (Å²) in [5.74, 6) is 1.85. The summed E-state index contributed by atoms with van der Waals surface area (Å²) in [5.41, 5.74) is 2.19. The van der Waals surface area contributed by atoms with Gasteiger partial charge in [0.05, 0.1) is 11.8 Å². The number of ether oxygens (including phenoxy) is 1. The fraction of sp³-hybridized carbons (Fsp3) is 0.438. The standard InChI is InChI=1S/C16H22N4O2S/c1-10-6-5-7-11(2)15(10)22-8-12(3)17-14(21)9-23-16-18-13(4)19-20-16/h5-7,12H,8-9H2,1-4H3,(H,17,21)(H,18,19,20). The molecule has 0 aliphatic heterocycles. The number of H-pyrrole nitrogens is 1. The van der Waals surface area contributed by atoms with E-state index in [9.17, 15) is 4.79 Å². The van der Waals surface area contributed by atoms with Crippen molar-refractivity contribution in [2.75, 3.05) is 12.4 Å². The molecule has 1 aromatic carbocycles. The van der Waals surface area contributed by atoms with Crippen molar-refractivity contribution >= 4 is 17.7 Å². The number of rotatable bonds is 7. The minimum Gasteiger partial charge on any atom is -0.491 e. The fourth-order valence-corrected chi connectivity index (χ4v) is 2.77. The zero-order valence-corrected chi connectivity index (χ0v) is 14.7. The summed E-state index contributed by atoms with van der Waals surface area (Å²) in [6.07, 6.45) is 0. The topological polar surface area (TPSA) is 79.9 Å². The van der Waals surface area contributed by atoms with Crippen LogP contribution in [0.5, 0.6) is 5.75 Å². The van der Waals surface area contributed by atoms with Gasteiger partial charge in [0.15, 0.2) is 0 Å². The Hall–Kier alpha value is -2.02. The van der Waals surface area contributed by atoms with Crippen molar-refractivity contribution in [3.63, 3.8) is 0 Å². The molecule has 0 radical (unpaired) electrons. The van der Waals surface area contributed by atoms with Gasteiger partial charge in [0.25, 0.3) is 0 Å². The van der Waals surface area contributed by atoms with E-state index in [4.69, 9.17) is 4.74 Å². The van der Waals surface area contributed by atoms with Crippen LogP contribution in [0.3, 0.4) is 0 Å². The molecule has 7 heteroatoms. The monoisotopic (exact) mass is 334 g/mol. The SMILES string of the molecule is Cc1nc(SCC(=O)NC(C)COc2c(C)cccc2C)n[nH]1. The maximum Gasteiger partial charge on any atom is 0.230 e. The van der Waals surface area contributed by atoms with Crippen LogP contribution in [0.4, 0.5) is 0 Å². The second kappa shape index (κ2) is 8.01. The van der Waals surface area contributed by atoms with E-state index in [0.717, 1.165) is 22.7 Å². The number of benzene rings is 1. The summed E-state index contributed by atoms with van der Waals surface area (Å²) in [5, 5.41) is 10.2. The van der Waals surface area contributed by atoms with Crippen molar-refractivity contribution in [1.29, 1.82) is 0 Å². The third-order valence-corrected chi connectivity index (χ3v) is 4.05. The first-order valence-electron chi connectivity index (χ1n) is 7.46. The van der Waals surface area contributed by atoms with Crippen LogP contribution >= 0.6 is 11.8 Å². The van der Waals surface area contributed by atoms with Gasteiger partial charge in [-0.2, -0.15) is 0 Å². The summed E-state index contributed by atoms with van der Waals surface area (Å²) >= 11 is 1.30. The van der Waals surface area contributed by atoms with Gasteiger partial charge >= 0.3 is 0 Å². The highest BCUT2D eigenvalue weighted by atomic mass is 32.2. The number of thioether (sulfide) groups is 1. The molecule has 0 spiro atoms. The van der Waals surface area contributed by atoms with Gasteiger partial charge < -0.3 is 10.1 Å². The number of nitrogens with zero attached hydrogens (tertiary/aromatic N) is 2. The van der Waals surface area contributed by atoms with Crippen LogP contribution in [0.15, 0.2) is 23.4 Å². The van der Waals surface area contributed by atoms with Gasteiger partial charge in [0.1, 0.15) is 18.2 Å². The predicted molar refractivity (Wildman–Crippen MR) is 90.9 cm³/mol. The van der Waals surface area contributed by atoms with Crippen LogP contribution in [0.25, 0.3) is 0 Å². The number of carbonyl (C=O) groups is 1. The second-order valence-corrected chi connectivity index (χ2v) is 6.44. The van der Waals surface area contributed by atoms with Crippen LogP contribution in [0.2, 0.25) is 0 Å². The van der Waals surface area contributed by atoms with E-state index in [1.807, 2.05) is 45.9 Å². The van der Waals surface area contributed by atoms with E-state index in [2.05, 4.69) is 20.5 Å². The number of hydrogen-bond donors (Lipinski definition) is 2. The lowest BCUT2D eigenvalue weighted by Gasteiger charge is -2.17. The van der Waals surface area contributed by atoms with Crippen molar-refractivity contribution in [3.8, 4) is 5.75 Å². The third-order valence-electron chi connectivity index (χ3n) is 3.20. The Kier molecular flexibility index (Phi) is 6.04. The zero-order valence-electron chi connectivity index (χ0n) is 13.8. The average Bonchev–Trinajstić information content (AvgIpc) is 2.90. The number of para-hydroxylation sites is 1. The number of nitrogens with one attached hydrogen (secondary N) is 2. The Labute approximate surface area is 140 Å². The number of aromatic nitrogens is 3. The highest BCUT2D eigenvalue weighted by Gasteiger charge is 2.11. The van der Waals surface area contributed by atoms with Gasteiger partial charge in [-0.1, -0.05) is 30.0 Å². The second-order valence-electron chi connectivity index (χ2n) is 5.49. The van der Waals surface area contributed by atoms with Crippen molar-refractivity contribution < 1.29 is 9.53 Å². The highest BCUT2D eigenvalue weighted by molar-refractivity contribution is 7.99. The molecule has 1 unspecified atom stereocenters. The molecular weight excluding hydrogens is 312 g/mol. The summed E-state index contributed by atoms with van der Waals surface area (Å²) < 4.78 is 5.85. The van der Waals surface area contributed by atoms with E-state index in [1.54, 1.807) is 0 Å². The number of aryl methyl sites for hydroxylation is 3. The molecule has 2 N–H and O–H groups in total. The average molecular weight is 334 g/mol. The molecule has 2 rings (SSSR count). The van der Waals surface area contributed by atoms with Crippen LogP contribution in [-0.2, 0) is 4.79 Å². The first-order chi connectivity index (χ1) is 11.0. The number of amides is 1. The normalized spacial score (nSPS) is 12.0. The van der Waals surface area contributed by atoms with Gasteiger partial charge in [-0.15, -0.1) is 5.10 Å². The summed E-state index contributed by atoms with van der Waals surface area (Å²) in [7, 11) is 0. The summed E-state index contributed by atoms with van der Waals surface area (Å²) in [6.45, 7) is 8.21. The molecule has 1 amide bonds. The van der Waals surface area contributed by atoms with E-state index < -0.39 is 0 Å². The molecule has 6 nitrogen and oxygen atoms in total. The van der Waals surface area contributed by atoms with Crippen LogP contribution in [-0.4, -0.2) is 39.5 Å². The van der Waals surface area contributed by atoms with E-state index >= 15 is 0 Å². The van der Waals surface area contributed by atoms with Gasteiger partial charge in [-0.25, -0.2) is 4.98 Å². The first kappa shape index (κ1) is 17.3. The minimum atomic E-state index is -0.0732. The Balaban J connectivity index is 1.75. The number of hydrogen-bond acceptors (Lipinski definition) is 5. The molecule has 1 heterocycles. The quantitative estimate of drug-likeness (QED) is 0.760. The first-order valence-corrected chi connectivity index (χ1v) is 8.44. The van der Waals surface area contributed by atoms with Crippen molar-refractivity contribution in [3.05, 3.63) is 35.2 Å². The van der Waals surface area contributed by atoms with Crippen molar-refractivity contribution in [1.82, 2.24) is 20.5 Å². The number of carbonyl (C=O) groups excluding carboxylic acids is 1. The van der Waals surface area contributed by atoms with Gasteiger partial charge in [-0.3, -0.25) is 9.89 Å². The largest absolute Gasteiger partial charge is 0.491 e. The van der Waals surface area contributed by atoms with E-state index in [-0.39, 0.29) is 17.7 Å². The van der Waals surface area contributed by atoms with Crippen molar-refractivity contribution in [2.24, 2.45) is 0 Å². The summed E-state index contributed by atoms with van der Waals surface area (Å²) in [4.78, 5) is 16.1. The lowest BCUT2D eigenvalue weighted by atomic mass is 10.1. The van der Waals surface area contributed by atoms with Crippen molar-refractivity contribution in [2.45, 2.75) is 38.9 Å². The van der Waals surface area contributed by atoms with Crippen LogP contribution < -0.4 is 10.1 Å². The Morgan fingerprint density at radius 3 is 2.65 bits per heavy atom. The molecule has 0 aliphatic carbocycles. The molecule has 2 aromatic rings. The molecule has 0 saturated heterocycles. The van der Waals surface area contributed by atoms with Gasteiger partial charge in [0, 0.05) is 0 Å².